The van der Waals surface area contributed by atoms with Gasteiger partial charge in [-0.2, -0.15) is 0 Å². The molecule has 2 amide bonds. The number of carbonyl (C=O) groups is 2. The van der Waals surface area contributed by atoms with Crippen LogP contribution >= 0.6 is 0 Å². The number of rotatable bonds is 5. The Morgan fingerprint density at radius 3 is 2.72 bits per heavy atom. The predicted molar refractivity (Wildman–Crippen MR) is 63.5 cm³/mol. The van der Waals surface area contributed by atoms with Crippen molar-refractivity contribution in [2.24, 2.45) is 0 Å². The highest BCUT2D eigenvalue weighted by Crippen LogP contribution is 2.15. The van der Waals surface area contributed by atoms with Crippen molar-refractivity contribution < 1.29 is 14.3 Å². The maximum Gasteiger partial charge on any atom is 0.229 e. The smallest absolute Gasteiger partial charge is 0.229 e. The minimum Gasteiger partial charge on any atom is -0.383 e. The fourth-order valence-electron chi connectivity index (χ4n) is 2.01. The molecule has 2 heterocycles. The number of methoxy groups -OCH3 is 1. The van der Waals surface area contributed by atoms with Crippen molar-refractivity contribution in [3.8, 4) is 0 Å². The van der Waals surface area contributed by atoms with Crippen LogP contribution in [0.4, 0.5) is 0 Å². The van der Waals surface area contributed by atoms with Gasteiger partial charge in [-0.05, 0) is 6.42 Å². The van der Waals surface area contributed by atoms with Gasteiger partial charge in [0.05, 0.1) is 25.2 Å². The lowest BCUT2D eigenvalue weighted by Crippen LogP contribution is -2.39. The highest BCUT2D eigenvalue weighted by Gasteiger charge is 2.26. The van der Waals surface area contributed by atoms with Crippen LogP contribution in [0.15, 0.2) is 12.5 Å². The van der Waals surface area contributed by atoms with Crippen molar-refractivity contribution in [3.05, 3.63) is 18.2 Å². The molecule has 0 aliphatic carbocycles. The first-order chi connectivity index (χ1) is 8.72. The molecule has 6 nitrogen and oxygen atoms in total. The van der Waals surface area contributed by atoms with Gasteiger partial charge in [-0.3, -0.25) is 14.5 Å². The van der Waals surface area contributed by atoms with Gasteiger partial charge in [-0.15, -0.1) is 0 Å². The summed E-state index contributed by atoms with van der Waals surface area (Å²) in [5.41, 5.74) is 0.857. The number of carbonyl (C=O) groups excluding carboxylic acids is 2. The Bertz CT molecular complexity index is 426. The van der Waals surface area contributed by atoms with Crippen LogP contribution in [0, 0.1) is 0 Å². The van der Waals surface area contributed by atoms with Crippen molar-refractivity contribution in [1.82, 2.24) is 14.5 Å². The van der Waals surface area contributed by atoms with Crippen molar-refractivity contribution >= 4 is 11.8 Å². The average molecular weight is 251 g/mol. The van der Waals surface area contributed by atoms with E-state index in [1.807, 2.05) is 4.57 Å². The third-order valence-electron chi connectivity index (χ3n) is 3.04. The van der Waals surface area contributed by atoms with E-state index >= 15 is 0 Å². The van der Waals surface area contributed by atoms with E-state index in [-0.39, 0.29) is 11.8 Å². The first-order valence-electron chi connectivity index (χ1n) is 6.03. The molecule has 98 valence electrons. The zero-order valence-electron chi connectivity index (χ0n) is 10.5. The third kappa shape index (κ3) is 2.76. The Morgan fingerprint density at radius 2 is 2.06 bits per heavy atom. The molecular formula is C12H17N3O3. The van der Waals surface area contributed by atoms with E-state index in [2.05, 4.69) is 4.98 Å². The van der Waals surface area contributed by atoms with E-state index in [9.17, 15) is 9.59 Å². The van der Waals surface area contributed by atoms with Gasteiger partial charge in [-0.1, -0.05) is 0 Å². The van der Waals surface area contributed by atoms with Gasteiger partial charge in [0, 0.05) is 32.7 Å². The molecule has 2 rings (SSSR count). The number of hydrogen-bond acceptors (Lipinski definition) is 4. The van der Waals surface area contributed by atoms with Crippen molar-refractivity contribution in [2.45, 2.75) is 32.4 Å². The molecule has 0 unspecified atom stereocenters. The maximum absolute atomic E-state index is 11.7. The molecule has 0 saturated carbocycles. The number of piperidine rings is 1. The number of hydrogen-bond donors (Lipinski definition) is 0. The monoisotopic (exact) mass is 251 g/mol. The largest absolute Gasteiger partial charge is 0.383 e. The van der Waals surface area contributed by atoms with E-state index in [0.29, 0.717) is 39.0 Å². The Hall–Kier alpha value is -1.69. The highest BCUT2D eigenvalue weighted by atomic mass is 16.5. The average Bonchev–Trinajstić information content (AvgIpc) is 2.79. The lowest BCUT2D eigenvalue weighted by atomic mass is 10.1. The van der Waals surface area contributed by atoms with E-state index in [1.54, 1.807) is 19.6 Å². The van der Waals surface area contributed by atoms with Crippen LogP contribution in [0.1, 0.15) is 25.0 Å². The fraction of sp³-hybridized carbons (Fsp3) is 0.583. The van der Waals surface area contributed by atoms with Gasteiger partial charge in [-0.25, -0.2) is 4.98 Å². The number of aromatic nitrogens is 2. The second-order valence-electron chi connectivity index (χ2n) is 4.30. The van der Waals surface area contributed by atoms with Gasteiger partial charge >= 0.3 is 0 Å². The number of imidazole rings is 1. The Balaban J connectivity index is 2.06. The van der Waals surface area contributed by atoms with Crippen LogP contribution < -0.4 is 0 Å². The molecule has 0 N–H and O–H groups in total. The summed E-state index contributed by atoms with van der Waals surface area (Å²) in [6, 6.07) is 0. The Labute approximate surface area is 106 Å². The second-order valence-corrected chi connectivity index (χ2v) is 4.30. The van der Waals surface area contributed by atoms with Crippen LogP contribution in [-0.2, 0) is 27.4 Å². The van der Waals surface area contributed by atoms with Crippen molar-refractivity contribution in [3.63, 3.8) is 0 Å². The molecular weight excluding hydrogens is 234 g/mol. The van der Waals surface area contributed by atoms with Gasteiger partial charge in [0.25, 0.3) is 0 Å². The minimum atomic E-state index is -0.0919. The van der Waals surface area contributed by atoms with Gasteiger partial charge < -0.3 is 9.30 Å². The summed E-state index contributed by atoms with van der Waals surface area (Å²) < 4.78 is 6.91. The molecule has 1 fully saturated rings. The zero-order valence-corrected chi connectivity index (χ0v) is 10.5. The molecule has 0 radical (unpaired) electrons. The van der Waals surface area contributed by atoms with Gasteiger partial charge in [0.2, 0.25) is 11.8 Å². The Morgan fingerprint density at radius 1 is 1.33 bits per heavy atom. The molecule has 1 saturated heterocycles. The van der Waals surface area contributed by atoms with E-state index in [0.717, 1.165) is 5.69 Å². The number of nitrogens with zero attached hydrogens (tertiary/aromatic N) is 3. The topological polar surface area (TPSA) is 64.4 Å². The molecule has 0 bridgehead atoms. The zero-order chi connectivity index (χ0) is 13.0. The summed E-state index contributed by atoms with van der Waals surface area (Å²) in [6.45, 7) is 1.55. The molecule has 1 aliphatic rings. The second kappa shape index (κ2) is 5.77. The number of amides is 2. The van der Waals surface area contributed by atoms with Crippen molar-refractivity contribution in [1.29, 1.82) is 0 Å². The molecule has 1 aromatic rings. The lowest BCUT2D eigenvalue weighted by molar-refractivity contribution is -0.148. The normalized spacial score (nSPS) is 16.4. The molecule has 0 aromatic carbocycles. The quantitative estimate of drug-likeness (QED) is 0.718. The van der Waals surface area contributed by atoms with Crippen LogP contribution in [0.2, 0.25) is 0 Å². The van der Waals surface area contributed by atoms with E-state index in [1.165, 1.54) is 4.90 Å². The predicted octanol–water partition coefficient (Wildman–Crippen LogP) is 0.569. The lowest BCUT2D eigenvalue weighted by Gasteiger charge is -2.25. The molecule has 1 aliphatic heterocycles. The first-order valence-corrected chi connectivity index (χ1v) is 6.03. The van der Waals surface area contributed by atoms with E-state index < -0.39 is 0 Å². The van der Waals surface area contributed by atoms with Crippen molar-refractivity contribution in [2.75, 3.05) is 13.7 Å². The molecule has 6 heteroatoms. The summed E-state index contributed by atoms with van der Waals surface area (Å²) in [5, 5.41) is 0. The summed E-state index contributed by atoms with van der Waals surface area (Å²) >= 11 is 0. The summed E-state index contributed by atoms with van der Waals surface area (Å²) in [6.07, 6.45) is 4.95. The van der Waals surface area contributed by atoms with Crippen LogP contribution in [-0.4, -0.2) is 40.0 Å². The fourth-order valence-corrected chi connectivity index (χ4v) is 2.01. The maximum atomic E-state index is 11.7. The van der Waals surface area contributed by atoms with Gasteiger partial charge in [0.1, 0.15) is 0 Å². The highest BCUT2D eigenvalue weighted by molar-refractivity contribution is 5.97. The molecule has 18 heavy (non-hydrogen) atoms. The molecule has 0 spiro atoms. The van der Waals surface area contributed by atoms with Gasteiger partial charge in [0.15, 0.2) is 0 Å². The number of likely N-dealkylation sites (tertiary alicyclic amines) is 1. The first kappa shape index (κ1) is 12.8. The van der Waals surface area contributed by atoms with Crippen LogP contribution in [0.3, 0.4) is 0 Å². The SMILES string of the molecule is COCCn1cncc1CN1C(=O)CCCC1=O. The number of imide groups is 1. The number of ether oxygens (including phenoxy) is 1. The van der Waals surface area contributed by atoms with Crippen LogP contribution in [0.25, 0.3) is 0 Å². The standard InChI is InChI=1S/C12H17N3O3/c1-18-6-5-14-9-13-7-10(14)8-15-11(16)3-2-4-12(15)17/h7,9H,2-6,8H2,1H3. The molecule has 0 atom stereocenters. The minimum absolute atomic E-state index is 0.0919. The summed E-state index contributed by atoms with van der Waals surface area (Å²) in [7, 11) is 1.63. The Kier molecular flexibility index (Phi) is 4.09. The van der Waals surface area contributed by atoms with Crippen LogP contribution in [0.5, 0.6) is 0 Å². The summed E-state index contributed by atoms with van der Waals surface area (Å²) in [5.74, 6) is -0.184. The van der Waals surface area contributed by atoms with E-state index in [4.69, 9.17) is 4.74 Å². The third-order valence-corrected chi connectivity index (χ3v) is 3.04. The summed E-state index contributed by atoms with van der Waals surface area (Å²) in [4.78, 5) is 28.8. The molecule has 1 aromatic heterocycles.